The third-order valence-electron chi connectivity index (χ3n) is 2.94. The second kappa shape index (κ2) is 5.46. The van der Waals surface area contributed by atoms with Gasteiger partial charge in [-0.3, -0.25) is 0 Å². The Morgan fingerprint density at radius 1 is 1.39 bits per heavy atom. The first-order valence-corrected chi connectivity index (χ1v) is 6.16. The maximum absolute atomic E-state index is 12.8. The molecule has 96 valence electrons. The SMILES string of the molecule is CC(Cc1ccc(F)cc1)n1c(CO)c[nH]c1=S. The number of nitrogens with zero attached hydrogens (tertiary/aromatic N) is 1. The number of H-pyrrole nitrogens is 1. The van der Waals surface area contributed by atoms with Crippen molar-refractivity contribution in [3.8, 4) is 0 Å². The first kappa shape index (κ1) is 13.0. The van der Waals surface area contributed by atoms with Gasteiger partial charge < -0.3 is 14.7 Å². The van der Waals surface area contributed by atoms with Crippen LogP contribution in [0.15, 0.2) is 30.5 Å². The van der Waals surface area contributed by atoms with Crippen molar-refractivity contribution in [2.24, 2.45) is 0 Å². The smallest absolute Gasteiger partial charge is 0.177 e. The molecule has 0 saturated heterocycles. The van der Waals surface area contributed by atoms with E-state index in [0.717, 1.165) is 17.7 Å². The second-order valence-corrected chi connectivity index (χ2v) is 4.68. The van der Waals surface area contributed by atoms with Crippen molar-refractivity contribution in [2.45, 2.75) is 26.0 Å². The van der Waals surface area contributed by atoms with Gasteiger partial charge in [0.1, 0.15) is 5.82 Å². The Balaban J connectivity index is 2.21. The number of aromatic nitrogens is 2. The minimum atomic E-state index is -0.235. The normalized spacial score (nSPS) is 12.6. The fourth-order valence-corrected chi connectivity index (χ4v) is 2.43. The molecule has 0 fully saturated rings. The Labute approximate surface area is 110 Å². The Hall–Kier alpha value is -1.46. The van der Waals surface area contributed by atoms with Gasteiger partial charge in [0, 0.05) is 12.2 Å². The zero-order chi connectivity index (χ0) is 13.1. The molecule has 5 heteroatoms. The summed E-state index contributed by atoms with van der Waals surface area (Å²) < 4.78 is 15.3. The Morgan fingerprint density at radius 2 is 2.06 bits per heavy atom. The van der Waals surface area contributed by atoms with Gasteiger partial charge in [0.05, 0.1) is 12.3 Å². The average molecular weight is 266 g/mol. The zero-order valence-corrected chi connectivity index (χ0v) is 10.9. The van der Waals surface area contributed by atoms with E-state index in [4.69, 9.17) is 12.2 Å². The van der Waals surface area contributed by atoms with Crippen LogP contribution in [0.4, 0.5) is 4.39 Å². The molecular weight excluding hydrogens is 251 g/mol. The zero-order valence-electron chi connectivity index (χ0n) is 10.1. The molecule has 0 spiro atoms. The van der Waals surface area contributed by atoms with Crippen LogP contribution >= 0.6 is 12.2 Å². The average Bonchev–Trinajstić information content (AvgIpc) is 2.73. The van der Waals surface area contributed by atoms with Gasteiger partial charge in [0.25, 0.3) is 0 Å². The summed E-state index contributed by atoms with van der Waals surface area (Å²) in [6, 6.07) is 6.54. The molecule has 0 aliphatic heterocycles. The monoisotopic (exact) mass is 266 g/mol. The van der Waals surface area contributed by atoms with E-state index in [0.29, 0.717) is 4.77 Å². The van der Waals surface area contributed by atoms with Crippen LogP contribution in [-0.4, -0.2) is 14.7 Å². The van der Waals surface area contributed by atoms with E-state index in [1.54, 1.807) is 18.3 Å². The number of benzene rings is 1. The van der Waals surface area contributed by atoms with Crippen molar-refractivity contribution in [3.05, 3.63) is 52.3 Å². The second-order valence-electron chi connectivity index (χ2n) is 4.29. The number of halogens is 1. The van der Waals surface area contributed by atoms with Gasteiger partial charge in [-0.25, -0.2) is 4.39 Å². The topological polar surface area (TPSA) is 41.0 Å². The summed E-state index contributed by atoms with van der Waals surface area (Å²) in [5, 5.41) is 9.25. The molecule has 18 heavy (non-hydrogen) atoms. The summed E-state index contributed by atoms with van der Waals surface area (Å²) in [5.41, 5.74) is 1.80. The van der Waals surface area contributed by atoms with Gasteiger partial charge in [0.2, 0.25) is 0 Å². The molecule has 3 nitrogen and oxygen atoms in total. The number of hydrogen-bond acceptors (Lipinski definition) is 2. The fraction of sp³-hybridized carbons (Fsp3) is 0.308. The van der Waals surface area contributed by atoms with Crippen LogP contribution in [0.3, 0.4) is 0 Å². The first-order valence-electron chi connectivity index (χ1n) is 5.76. The van der Waals surface area contributed by atoms with Crippen LogP contribution in [0.5, 0.6) is 0 Å². The molecule has 1 heterocycles. The Bertz CT molecular complexity index is 573. The van der Waals surface area contributed by atoms with Crippen molar-refractivity contribution in [1.82, 2.24) is 9.55 Å². The summed E-state index contributed by atoms with van der Waals surface area (Å²) >= 11 is 5.19. The number of imidazole rings is 1. The van der Waals surface area contributed by atoms with Crippen molar-refractivity contribution in [1.29, 1.82) is 0 Å². The van der Waals surface area contributed by atoms with E-state index < -0.39 is 0 Å². The van der Waals surface area contributed by atoms with Gasteiger partial charge >= 0.3 is 0 Å². The number of nitrogens with one attached hydrogen (secondary N) is 1. The summed E-state index contributed by atoms with van der Waals surface area (Å²) in [4.78, 5) is 2.92. The van der Waals surface area contributed by atoms with Crippen LogP contribution < -0.4 is 0 Å². The van der Waals surface area contributed by atoms with E-state index in [-0.39, 0.29) is 18.5 Å². The predicted octanol–water partition coefficient (Wildman–Crippen LogP) is 2.98. The maximum atomic E-state index is 12.8. The molecule has 1 aromatic carbocycles. The predicted molar refractivity (Wildman–Crippen MR) is 70.4 cm³/mol. The Morgan fingerprint density at radius 3 is 2.67 bits per heavy atom. The van der Waals surface area contributed by atoms with Crippen molar-refractivity contribution >= 4 is 12.2 Å². The molecule has 1 unspecified atom stereocenters. The summed E-state index contributed by atoms with van der Waals surface area (Å²) in [5.74, 6) is -0.235. The number of aromatic amines is 1. The quantitative estimate of drug-likeness (QED) is 0.835. The number of aliphatic hydroxyl groups excluding tert-OH is 1. The number of rotatable bonds is 4. The summed E-state index contributed by atoms with van der Waals surface area (Å²) in [6.07, 6.45) is 2.45. The molecule has 0 saturated carbocycles. The minimum Gasteiger partial charge on any atom is -0.390 e. The first-order chi connectivity index (χ1) is 8.61. The summed E-state index contributed by atoms with van der Waals surface area (Å²) in [7, 11) is 0. The largest absolute Gasteiger partial charge is 0.390 e. The molecule has 0 aliphatic rings. The number of hydrogen-bond donors (Lipinski definition) is 2. The van der Waals surface area contributed by atoms with Gasteiger partial charge in [-0.15, -0.1) is 0 Å². The molecule has 1 aromatic heterocycles. The minimum absolute atomic E-state index is 0.0547. The summed E-state index contributed by atoms with van der Waals surface area (Å²) in [6.45, 7) is 1.97. The van der Waals surface area contributed by atoms with Crippen molar-refractivity contribution in [2.75, 3.05) is 0 Å². The van der Waals surface area contributed by atoms with E-state index in [1.807, 2.05) is 11.5 Å². The lowest BCUT2D eigenvalue weighted by Gasteiger charge is -2.16. The highest BCUT2D eigenvalue weighted by atomic mass is 32.1. The standard InChI is InChI=1S/C13H15FN2OS/c1-9(6-10-2-4-11(14)5-3-10)16-12(8-17)7-15-13(16)18/h2-5,7,9,17H,6,8H2,1H3,(H,15,18). The van der Waals surface area contributed by atoms with E-state index in [1.165, 1.54) is 12.1 Å². The lowest BCUT2D eigenvalue weighted by Crippen LogP contribution is -2.11. The van der Waals surface area contributed by atoms with Gasteiger partial charge in [0.15, 0.2) is 4.77 Å². The van der Waals surface area contributed by atoms with Crippen LogP contribution in [0.2, 0.25) is 0 Å². The molecule has 2 aromatic rings. The van der Waals surface area contributed by atoms with Gasteiger partial charge in [-0.05, 0) is 43.3 Å². The van der Waals surface area contributed by atoms with Gasteiger partial charge in [-0.2, -0.15) is 0 Å². The molecular formula is C13H15FN2OS. The lowest BCUT2D eigenvalue weighted by molar-refractivity contribution is 0.266. The number of aliphatic hydroxyl groups is 1. The highest BCUT2D eigenvalue weighted by Gasteiger charge is 2.11. The Kier molecular flexibility index (Phi) is 3.93. The van der Waals surface area contributed by atoms with E-state index in [9.17, 15) is 9.50 Å². The van der Waals surface area contributed by atoms with E-state index in [2.05, 4.69) is 4.98 Å². The lowest BCUT2D eigenvalue weighted by atomic mass is 10.1. The van der Waals surface area contributed by atoms with Crippen LogP contribution in [0.1, 0.15) is 24.2 Å². The molecule has 0 amide bonds. The third kappa shape index (κ3) is 2.68. The van der Waals surface area contributed by atoms with Gasteiger partial charge in [-0.1, -0.05) is 12.1 Å². The molecule has 2 rings (SSSR count). The van der Waals surface area contributed by atoms with Crippen LogP contribution in [0, 0.1) is 10.6 Å². The fourth-order valence-electron chi connectivity index (χ4n) is 2.07. The highest BCUT2D eigenvalue weighted by Crippen LogP contribution is 2.17. The third-order valence-corrected chi connectivity index (χ3v) is 3.25. The maximum Gasteiger partial charge on any atom is 0.177 e. The van der Waals surface area contributed by atoms with Crippen molar-refractivity contribution in [3.63, 3.8) is 0 Å². The van der Waals surface area contributed by atoms with E-state index >= 15 is 0 Å². The van der Waals surface area contributed by atoms with Crippen LogP contribution in [-0.2, 0) is 13.0 Å². The molecule has 1 atom stereocenters. The molecule has 0 radical (unpaired) electrons. The van der Waals surface area contributed by atoms with Crippen LogP contribution in [0.25, 0.3) is 0 Å². The molecule has 2 N–H and O–H groups in total. The molecule has 0 aliphatic carbocycles. The van der Waals surface area contributed by atoms with Crippen molar-refractivity contribution < 1.29 is 9.50 Å². The highest BCUT2D eigenvalue weighted by molar-refractivity contribution is 7.71. The molecule has 0 bridgehead atoms.